The molecule has 1 N–H and O–H groups in total. The topological polar surface area (TPSA) is 97.8 Å². The third-order valence-electron chi connectivity index (χ3n) is 3.72. The molecule has 26 heavy (non-hydrogen) atoms. The number of nitrogens with zero attached hydrogens (tertiary/aromatic N) is 6. The van der Waals surface area contributed by atoms with E-state index in [1.165, 1.54) is 0 Å². The Balaban J connectivity index is 1.76. The van der Waals surface area contributed by atoms with E-state index in [1.807, 2.05) is 0 Å². The predicted molar refractivity (Wildman–Crippen MR) is 83.5 cm³/mol. The van der Waals surface area contributed by atoms with E-state index in [1.54, 1.807) is 32.2 Å². The fourth-order valence-corrected chi connectivity index (χ4v) is 3.08. The average Bonchev–Trinajstić information content (AvgIpc) is 3.30. The van der Waals surface area contributed by atoms with Crippen molar-refractivity contribution in [1.29, 1.82) is 0 Å². The zero-order chi connectivity index (χ0) is 18.5. The van der Waals surface area contributed by atoms with Gasteiger partial charge in [-0.05, 0) is 43.3 Å². The molecular weight excluding hydrogens is 371 g/mol. The molecule has 0 bridgehead atoms. The standard InChI is InChI=1S/C14H10F3N7OS/c1-6-7(2)11(23-24-9(6)19-21-12(24)14(15,16)17)26-13-22-20-10(25-13)8-4-3-5-18-8/h3-5,18H,1-2H3. The number of fused-ring (bicyclic) bond motifs is 1. The minimum Gasteiger partial charge on any atom is -0.409 e. The lowest BCUT2D eigenvalue weighted by molar-refractivity contribution is -0.146. The van der Waals surface area contributed by atoms with Crippen molar-refractivity contribution in [3.63, 3.8) is 0 Å². The predicted octanol–water partition coefficient (Wildman–Crippen LogP) is 3.29. The summed E-state index contributed by atoms with van der Waals surface area (Å²) in [5.74, 6) is -0.914. The number of aromatic nitrogens is 7. The summed E-state index contributed by atoms with van der Waals surface area (Å²) in [4.78, 5) is 2.93. The van der Waals surface area contributed by atoms with Crippen LogP contribution in [0.25, 0.3) is 17.2 Å². The fourth-order valence-electron chi connectivity index (χ4n) is 2.28. The number of hydrogen-bond acceptors (Lipinski definition) is 7. The Labute approximate surface area is 147 Å². The van der Waals surface area contributed by atoms with E-state index in [0.717, 1.165) is 11.8 Å². The number of hydrogen-bond donors (Lipinski definition) is 1. The minimum atomic E-state index is -4.67. The van der Waals surface area contributed by atoms with Crippen LogP contribution in [-0.2, 0) is 6.18 Å². The van der Waals surface area contributed by atoms with Crippen molar-refractivity contribution in [2.45, 2.75) is 30.3 Å². The van der Waals surface area contributed by atoms with E-state index in [9.17, 15) is 13.2 Å². The zero-order valence-electron chi connectivity index (χ0n) is 13.4. The van der Waals surface area contributed by atoms with Gasteiger partial charge in [-0.15, -0.1) is 20.4 Å². The zero-order valence-corrected chi connectivity index (χ0v) is 14.2. The molecule has 0 spiro atoms. The van der Waals surface area contributed by atoms with Crippen LogP contribution in [0.2, 0.25) is 0 Å². The van der Waals surface area contributed by atoms with Gasteiger partial charge in [-0.25, -0.2) is 0 Å². The van der Waals surface area contributed by atoms with Crippen LogP contribution in [0.4, 0.5) is 13.2 Å². The number of aryl methyl sites for hydroxylation is 1. The lowest BCUT2D eigenvalue weighted by atomic mass is 10.2. The molecule has 0 amide bonds. The Hall–Kier alpha value is -2.89. The van der Waals surface area contributed by atoms with Gasteiger partial charge in [0.25, 0.3) is 16.9 Å². The highest BCUT2D eigenvalue weighted by Gasteiger charge is 2.38. The van der Waals surface area contributed by atoms with Crippen molar-refractivity contribution in [3.8, 4) is 11.6 Å². The van der Waals surface area contributed by atoms with Crippen LogP contribution >= 0.6 is 11.8 Å². The highest BCUT2D eigenvalue weighted by molar-refractivity contribution is 7.99. The maximum Gasteiger partial charge on any atom is 0.453 e. The molecule has 0 unspecified atom stereocenters. The lowest BCUT2D eigenvalue weighted by Crippen LogP contribution is -2.13. The Kier molecular flexibility index (Phi) is 3.72. The number of alkyl halides is 3. The summed E-state index contributed by atoms with van der Waals surface area (Å²) in [7, 11) is 0. The van der Waals surface area contributed by atoms with Gasteiger partial charge in [-0.3, -0.25) is 0 Å². The van der Waals surface area contributed by atoms with Crippen molar-refractivity contribution in [2.75, 3.05) is 0 Å². The molecule has 0 saturated carbocycles. The van der Waals surface area contributed by atoms with Gasteiger partial charge in [0.2, 0.25) is 0 Å². The molecule has 0 radical (unpaired) electrons. The molecule has 4 aromatic heterocycles. The molecule has 0 aromatic carbocycles. The van der Waals surface area contributed by atoms with E-state index >= 15 is 0 Å². The van der Waals surface area contributed by atoms with E-state index in [4.69, 9.17) is 4.42 Å². The summed E-state index contributed by atoms with van der Waals surface area (Å²) in [6, 6.07) is 3.54. The molecule has 0 fully saturated rings. The van der Waals surface area contributed by atoms with Crippen LogP contribution in [0.5, 0.6) is 0 Å². The SMILES string of the molecule is Cc1c(Sc2nnc(-c3ccc[nH]3)o2)nn2c(C(F)(F)F)nnc2c1C. The Morgan fingerprint density at radius 2 is 1.92 bits per heavy atom. The molecular formula is C14H10F3N7OS. The Morgan fingerprint density at radius 3 is 2.62 bits per heavy atom. The molecule has 12 heteroatoms. The average molecular weight is 381 g/mol. The number of aromatic amines is 1. The van der Waals surface area contributed by atoms with Crippen molar-refractivity contribution in [3.05, 3.63) is 35.3 Å². The number of H-pyrrole nitrogens is 1. The van der Waals surface area contributed by atoms with Gasteiger partial charge in [-0.2, -0.15) is 22.8 Å². The fraction of sp³-hybridized carbons (Fsp3) is 0.214. The maximum absolute atomic E-state index is 13.1. The molecule has 0 aliphatic heterocycles. The Morgan fingerprint density at radius 1 is 1.12 bits per heavy atom. The van der Waals surface area contributed by atoms with Gasteiger partial charge in [-0.1, -0.05) is 0 Å². The first kappa shape index (κ1) is 16.6. The summed E-state index contributed by atoms with van der Waals surface area (Å²) in [6.45, 7) is 3.39. The van der Waals surface area contributed by atoms with Crippen molar-refractivity contribution in [1.82, 2.24) is 35.0 Å². The maximum atomic E-state index is 13.1. The van der Waals surface area contributed by atoms with Gasteiger partial charge >= 0.3 is 6.18 Å². The summed E-state index contributed by atoms with van der Waals surface area (Å²) >= 11 is 0.975. The largest absolute Gasteiger partial charge is 0.453 e. The third kappa shape index (κ3) is 2.71. The highest BCUT2D eigenvalue weighted by atomic mass is 32.2. The van der Waals surface area contributed by atoms with Crippen molar-refractivity contribution < 1.29 is 17.6 Å². The minimum absolute atomic E-state index is 0.0526. The summed E-state index contributed by atoms with van der Waals surface area (Å²) < 4.78 is 45.5. The summed E-state index contributed by atoms with van der Waals surface area (Å²) in [5, 5.41) is 19.1. The molecule has 134 valence electrons. The number of halogens is 3. The first-order chi connectivity index (χ1) is 12.3. The smallest absolute Gasteiger partial charge is 0.409 e. The van der Waals surface area contributed by atoms with E-state index in [-0.39, 0.29) is 16.8 Å². The molecule has 0 aliphatic rings. The van der Waals surface area contributed by atoms with Crippen LogP contribution in [0.15, 0.2) is 33.0 Å². The van der Waals surface area contributed by atoms with Crippen molar-refractivity contribution in [2.24, 2.45) is 0 Å². The normalized spacial score (nSPS) is 12.2. The molecule has 8 nitrogen and oxygen atoms in total. The lowest BCUT2D eigenvalue weighted by Gasteiger charge is -2.08. The monoisotopic (exact) mass is 381 g/mol. The quantitative estimate of drug-likeness (QED) is 0.581. The highest BCUT2D eigenvalue weighted by Crippen LogP contribution is 2.33. The molecule has 4 aromatic rings. The number of nitrogens with one attached hydrogen (secondary N) is 1. The molecule has 0 atom stereocenters. The van der Waals surface area contributed by atoms with E-state index in [0.29, 0.717) is 26.4 Å². The first-order valence-corrected chi connectivity index (χ1v) is 8.11. The van der Waals surface area contributed by atoms with E-state index < -0.39 is 12.0 Å². The van der Waals surface area contributed by atoms with Gasteiger partial charge in [0.15, 0.2) is 5.65 Å². The number of rotatable bonds is 3. The van der Waals surface area contributed by atoms with Gasteiger partial charge in [0.1, 0.15) is 10.7 Å². The van der Waals surface area contributed by atoms with Crippen LogP contribution in [0.1, 0.15) is 17.0 Å². The van der Waals surface area contributed by atoms with Crippen molar-refractivity contribution >= 4 is 17.4 Å². The molecule has 0 saturated heterocycles. The Bertz CT molecular complexity index is 1080. The second kappa shape index (κ2) is 5.83. The van der Waals surface area contributed by atoms with E-state index in [2.05, 4.69) is 30.5 Å². The van der Waals surface area contributed by atoms with Gasteiger partial charge < -0.3 is 9.40 Å². The molecule has 4 rings (SSSR count). The van der Waals surface area contributed by atoms with Crippen LogP contribution in [0.3, 0.4) is 0 Å². The third-order valence-corrected chi connectivity index (χ3v) is 4.64. The second-order valence-corrected chi connectivity index (χ2v) is 6.31. The van der Waals surface area contributed by atoms with Crippen LogP contribution < -0.4 is 0 Å². The molecule has 4 heterocycles. The summed E-state index contributed by atoms with van der Waals surface area (Å²) in [5.41, 5.74) is 1.88. The van der Waals surface area contributed by atoms with Gasteiger partial charge in [0.05, 0.1) is 0 Å². The second-order valence-electron chi connectivity index (χ2n) is 5.37. The van der Waals surface area contributed by atoms with Crippen LogP contribution in [0, 0.1) is 13.8 Å². The van der Waals surface area contributed by atoms with Gasteiger partial charge in [0, 0.05) is 11.8 Å². The van der Waals surface area contributed by atoms with Crippen LogP contribution in [-0.4, -0.2) is 35.0 Å². The first-order valence-electron chi connectivity index (χ1n) is 7.29. The molecule has 0 aliphatic carbocycles. The summed E-state index contributed by atoms with van der Waals surface area (Å²) in [6.07, 6.45) is -2.96.